The predicted molar refractivity (Wildman–Crippen MR) is 66.7 cm³/mol. The third kappa shape index (κ3) is 3.35. The van der Waals surface area contributed by atoms with Crippen LogP contribution >= 0.6 is 0 Å². The summed E-state index contributed by atoms with van der Waals surface area (Å²) in [6.07, 6.45) is 0.871. The van der Waals surface area contributed by atoms with E-state index in [1.54, 1.807) is 23.9 Å². The first-order valence-electron chi connectivity index (χ1n) is 6.22. The summed E-state index contributed by atoms with van der Waals surface area (Å²) in [5, 5.41) is 0. The molecule has 1 aliphatic rings. The van der Waals surface area contributed by atoms with Gasteiger partial charge in [-0.25, -0.2) is 4.79 Å². The Kier molecular flexibility index (Phi) is 4.78. The van der Waals surface area contributed by atoms with Crippen molar-refractivity contribution in [1.29, 1.82) is 0 Å². The number of carbonyl (C=O) groups is 2. The second kappa shape index (κ2) is 5.89. The number of amides is 3. The summed E-state index contributed by atoms with van der Waals surface area (Å²) in [5.74, 6) is 0.301. The lowest BCUT2D eigenvalue weighted by Crippen LogP contribution is -2.53. The Balaban J connectivity index is 2.46. The molecule has 0 aliphatic carbocycles. The molecule has 0 aromatic carbocycles. The van der Waals surface area contributed by atoms with Gasteiger partial charge in [0.15, 0.2) is 0 Å². The van der Waals surface area contributed by atoms with E-state index in [0.717, 1.165) is 6.42 Å². The van der Waals surface area contributed by atoms with E-state index in [4.69, 9.17) is 0 Å². The standard InChI is InChI=1S/C12H23N3O2/c1-5-10(2)11(16)14-6-8-15(9-7-14)12(17)13(3)4/h10H,5-9H2,1-4H3. The predicted octanol–water partition coefficient (Wildman–Crippen LogP) is 0.858. The average molecular weight is 241 g/mol. The molecule has 1 fully saturated rings. The Morgan fingerprint density at radius 2 is 1.59 bits per heavy atom. The van der Waals surface area contributed by atoms with Gasteiger partial charge in [-0.15, -0.1) is 0 Å². The van der Waals surface area contributed by atoms with E-state index in [0.29, 0.717) is 26.2 Å². The molecule has 5 nitrogen and oxygen atoms in total. The SMILES string of the molecule is CCC(C)C(=O)N1CCN(C(=O)N(C)C)CC1. The first-order valence-corrected chi connectivity index (χ1v) is 6.22. The van der Waals surface area contributed by atoms with Gasteiger partial charge in [0.25, 0.3) is 0 Å². The fraction of sp³-hybridized carbons (Fsp3) is 0.833. The summed E-state index contributed by atoms with van der Waals surface area (Å²) in [6, 6.07) is 0.0284. The number of urea groups is 1. The van der Waals surface area contributed by atoms with E-state index < -0.39 is 0 Å². The van der Waals surface area contributed by atoms with E-state index in [1.165, 1.54) is 0 Å². The molecule has 1 heterocycles. The Bertz CT molecular complexity index is 283. The molecule has 0 radical (unpaired) electrons. The molecule has 17 heavy (non-hydrogen) atoms. The Labute approximate surface area is 103 Å². The monoisotopic (exact) mass is 241 g/mol. The third-order valence-corrected chi connectivity index (χ3v) is 3.28. The highest BCUT2D eigenvalue weighted by atomic mass is 16.2. The zero-order valence-electron chi connectivity index (χ0n) is 11.3. The molecule has 1 saturated heterocycles. The quantitative estimate of drug-likeness (QED) is 0.719. The topological polar surface area (TPSA) is 43.9 Å². The van der Waals surface area contributed by atoms with Crippen molar-refractivity contribution in [3.63, 3.8) is 0 Å². The van der Waals surface area contributed by atoms with E-state index >= 15 is 0 Å². The minimum Gasteiger partial charge on any atom is -0.339 e. The van der Waals surface area contributed by atoms with Crippen molar-refractivity contribution < 1.29 is 9.59 Å². The first kappa shape index (κ1) is 13.8. The minimum atomic E-state index is 0.0284. The number of hydrogen-bond acceptors (Lipinski definition) is 2. The molecule has 0 bridgehead atoms. The number of carbonyl (C=O) groups excluding carboxylic acids is 2. The van der Waals surface area contributed by atoms with Gasteiger partial charge in [-0.3, -0.25) is 4.79 Å². The third-order valence-electron chi connectivity index (χ3n) is 3.28. The van der Waals surface area contributed by atoms with Crippen LogP contribution in [0.15, 0.2) is 0 Å². The largest absolute Gasteiger partial charge is 0.339 e. The molecule has 0 saturated carbocycles. The van der Waals surface area contributed by atoms with E-state index in [-0.39, 0.29) is 17.9 Å². The number of rotatable bonds is 2. The maximum absolute atomic E-state index is 12.0. The van der Waals surface area contributed by atoms with Crippen molar-refractivity contribution in [2.24, 2.45) is 5.92 Å². The summed E-state index contributed by atoms with van der Waals surface area (Å²) in [6.45, 7) is 6.57. The molecule has 0 N–H and O–H groups in total. The Morgan fingerprint density at radius 3 is 2.00 bits per heavy atom. The highest BCUT2D eigenvalue weighted by Gasteiger charge is 2.26. The van der Waals surface area contributed by atoms with Crippen molar-refractivity contribution in [2.45, 2.75) is 20.3 Å². The summed E-state index contributed by atoms with van der Waals surface area (Å²) in [4.78, 5) is 28.9. The smallest absolute Gasteiger partial charge is 0.319 e. The van der Waals surface area contributed by atoms with Gasteiger partial charge < -0.3 is 14.7 Å². The number of nitrogens with zero attached hydrogens (tertiary/aromatic N) is 3. The average Bonchev–Trinajstić information content (AvgIpc) is 2.36. The normalized spacial score (nSPS) is 17.9. The van der Waals surface area contributed by atoms with Gasteiger partial charge >= 0.3 is 6.03 Å². The van der Waals surface area contributed by atoms with Crippen LogP contribution in [0.2, 0.25) is 0 Å². The van der Waals surface area contributed by atoms with Gasteiger partial charge in [-0.2, -0.15) is 0 Å². The maximum atomic E-state index is 12.0. The number of piperazine rings is 1. The van der Waals surface area contributed by atoms with Gasteiger partial charge in [0, 0.05) is 46.2 Å². The lowest BCUT2D eigenvalue weighted by molar-refractivity contribution is -0.136. The Hall–Kier alpha value is -1.26. The summed E-state index contributed by atoms with van der Waals surface area (Å²) in [7, 11) is 3.50. The molecule has 5 heteroatoms. The second-order valence-corrected chi connectivity index (χ2v) is 4.80. The van der Waals surface area contributed by atoms with Crippen LogP contribution in [0.4, 0.5) is 4.79 Å². The van der Waals surface area contributed by atoms with E-state index in [9.17, 15) is 9.59 Å². The van der Waals surface area contributed by atoms with E-state index in [2.05, 4.69) is 0 Å². The van der Waals surface area contributed by atoms with Crippen LogP contribution in [-0.2, 0) is 4.79 Å². The highest BCUT2D eigenvalue weighted by molar-refractivity contribution is 5.79. The van der Waals surface area contributed by atoms with E-state index in [1.807, 2.05) is 18.7 Å². The van der Waals surface area contributed by atoms with Crippen molar-refractivity contribution in [3.8, 4) is 0 Å². The van der Waals surface area contributed by atoms with Crippen LogP contribution in [0.1, 0.15) is 20.3 Å². The fourth-order valence-corrected chi connectivity index (χ4v) is 1.89. The van der Waals surface area contributed by atoms with Gasteiger partial charge in [-0.05, 0) is 6.42 Å². The van der Waals surface area contributed by atoms with Crippen LogP contribution in [0, 0.1) is 5.92 Å². The molecule has 1 rings (SSSR count). The summed E-state index contributed by atoms with van der Waals surface area (Å²) in [5.41, 5.74) is 0. The lowest BCUT2D eigenvalue weighted by Gasteiger charge is -2.36. The van der Waals surface area contributed by atoms with Crippen LogP contribution < -0.4 is 0 Å². The molecule has 0 aromatic heterocycles. The van der Waals surface area contributed by atoms with Gasteiger partial charge in [0.1, 0.15) is 0 Å². The molecule has 0 aromatic rings. The van der Waals surface area contributed by atoms with Crippen molar-refractivity contribution in [1.82, 2.24) is 14.7 Å². The summed E-state index contributed by atoms with van der Waals surface area (Å²) < 4.78 is 0. The zero-order chi connectivity index (χ0) is 13.0. The van der Waals surface area contributed by atoms with Crippen molar-refractivity contribution in [3.05, 3.63) is 0 Å². The molecule has 1 atom stereocenters. The van der Waals surface area contributed by atoms with Crippen molar-refractivity contribution >= 4 is 11.9 Å². The first-order chi connectivity index (χ1) is 7.97. The molecular weight excluding hydrogens is 218 g/mol. The lowest BCUT2D eigenvalue weighted by atomic mass is 10.1. The van der Waals surface area contributed by atoms with Crippen LogP contribution in [0.5, 0.6) is 0 Å². The minimum absolute atomic E-state index is 0.0284. The van der Waals surface area contributed by atoms with Crippen molar-refractivity contribution in [2.75, 3.05) is 40.3 Å². The second-order valence-electron chi connectivity index (χ2n) is 4.80. The van der Waals surface area contributed by atoms with Crippen LogP contribution in [0.25, 0.3) is 0 Å². The molecule has 3 amide bonds. The van der Waals surface area contributed by atoms with Crippen LogP contribution in [-0.4, -0.2) is 66.9 Å². The highest BCUT2D eigenvalue weighted by Crippen LogP contribution is 2.10. The van der Waals surface area contributed by atoms with Gasteiger partial charge in [-0.1, -0.05) is 13.8 Å². The number of hydrogen-bond donors (Lipinski definition) is 0. The van der Waals surface area contributed by atoms with Crippen LogP contribution in [0.3, 0.4) is 0 Å². The molecule has 98 valence electrons. The molecule has 1 aliphatic heterocycles. The van der Waals surface area contributed by atoms with Gasteiger partial charge in [0.05, 0.1) is 0 Å². The maximum Gasteiger partial charge on any atom is 0.319 e. The molecular formula is C12H23N3O2. The zero-order valence-corrected chi connectivity index (χ0v) is 11.3. The molecule has 0 spiro atoms. The van der Waals surface area contributed by atoms with Gasteiger partial charge in [0.2, 0.25) is 5.91 Å². The summed E-state index contributed by atoms with van der Waals surface area (Å²) >= 11 is 0. The fourth-order valence-electron chi connectivity index (χ4n) is 1.89. The molecule has 1 unspecified atom stereocenters. The Morgan fingerprint density at radius 1 is 1.12 bits per heavy atom.